The number of carbonyl (C=O) groups excluding carboxylic acids is 1. The van der Waals surface area contributed by atoms with Crippen molar-refractivity contribution >= 4 is 17.8 Å². The second-order valence-electron chi connectivity index (χ2n) is 8.19. The van der Waals surface area contributed by atoms with Crippen LogP contribution in [0.1, 0.15) is 32.1 Å². The van der Waals surface area contributed by atoms with Crippen molar-refractivity contribution in [1.29, 1.82) is 5.41 Å². The summed E-state index contributed by atoms with van der Waals surface area (Å²) in [5, 5.41) is 13.7. The second-order valence-corrected chi connectivity index (χ2v) is 8.19. The Hall–Kier alpha value is -2.48. The van der Waals surface area contributed by atoms with Gasteiger partial charge in [0.15, 0.2) is 0 Å². The highest BCUT2D eigenvalue weighted by Gasteiger charge is 2.49. The highest BCUT2D eigenvalue weighted by molar-refractivity contribution is 6.05. The first-order chi connectivity index (χ1) is 14.0. The minimum atomic E-state index is -0.771. The first-order valence-corrected chi connectivity index (χ1v) is 10.1. The van der Waals surface area contributed by atoms with E-state index in [1.54, 1.807) is 0 Å². The van der Waals surface area contributed by atoms with Gasteiger partial charge in [-0.1, -0.05) is 0 Å². The summed E-state index contributed by atoms with van der Waals surface area (Å²) in [5.74, 6) is -2.08. The van der Waals surface area contributed by atoms with Crippen LogP contribution in [0.4, 0.5) is 14.5 Å². The number of piperazine rings is 1. The van der Waals surface area contributed by atoms with E-state index in [1.807, 2.05) is 4.90 Å². The van der Waals surface area contributed by atoms with E-state index < -0.39 is 17.5 Å². The number of benzene rings is 1. The average molecular weight is 404 g/mol. The topological polar surface area (TPSA) is 77.5 Å². The first-order valence-electron chi connectivity index (χ1n) is 10.1. The van der Waals surface area contributed by atoms with E-state index in [1.165, 1.54) is 12.8 Å². The third-order valence-corrected chi connectivity index (χ3v) is 6.05. The van der Waals surface area contributed by atoms with Gasteiger partial charge in [-0.3, -0.25) is 4.79 Å². The summed E-state index contributed by atoms with van der Waals surface area (Å²) in [6.07, 6.45) is 6.33. The summed E-state index contributed by atoms with van der Waals surface area (Å²) >= 11 is 0. The lowest BCUT2D eigenvalue weighted by atomic mass is 10.1. The van der Waals surface area contributed by atoms with E-state index in [4.69, 9.17) is 10.1 Å². The molecule has 1 aliphatic heterocycles. The minimum Gasteiger partial charge on any atom is -0.483 e. The lowest BCUT2D eigenvalue weighted by Gasteiger charge is -2.31. The number of rotatable bonds is 6. The zero-order chi connectivity index (χ0) is 20.4. The van der Waals surface area contributed by atoms with Crippen molar-refractivity contribution in [2.24, 2.45) is 5.41 Å². The van der Waals surface area contributed by atoms with Gasteiger partial charge in [0.25, 0.3) is 5.91 Å². The van der Waals surface area contributed by atoms with E-state index in [2.05, 4.69) is 10.6 Å². The number of nitrogens with one attached hydrogen (secondary N) is 3. The van der Waals surface area contributed by atoms with E-state index in [9.17, 15) is 13.6 Å². The number of ether oxygens (including phenoxy) is 1. The van der Waals surface area contributed by atoms with Gasteiger partial charge in [-0.25, -0.2) is 8.78 Å². The van der Waals surface area contributed by atoms with Crippen LogP contribution in [-0.2, 0) is 9.53 Å². The van der Waals surface area contributed by atoms with Crippen LogP contribution in [0.25, 0.3) is 0 Å². The fourth-order valence-corrected chi connectivity index (χ4v) is 4.30. The molecule has 1 aromatic carbocycles. The van der Waals surface area contributed by atoms with Crippen molar-refractivity contribution in [1.82, 2.24) is 10.2 Å². The molecule has 8 heteroatoms. The molecular formula is C21H26F2N4O2. The molecule has 1 spiro atoms. The Morgan fingerprint density at radius 3 is 2.48 bits per heavy atom. The predicted molar refractivity (Wildman–Crippen MR) is 106 cm³/mol. The van der Waals surface area contributed by atoms with E-state index >= 15 is 0 Å². The molecule has 3 aliphatic rings. The maximum absolute atomic E-state index is 13.5. The van der Waals surface area contributed by atoms with Crippen molar-refractivity contribution in [2.45, 2.75) is 38.2 Å². The molecule has 2 saturated carbocycles. The van der Waals surface area contributed by atoms with Gasteiger partial charge < -0.3 is 25.7 Å². The molecule has 156 valence electrons. The number of hydrogen-bond acceptors (Lipinski definition) is 5. The van der Waals surface area contributed by atoms with E-state index in [-0.39, 0.29) is 17.6 Å². The highest BCUT2D eigenvalue weighted by atomic mass is 19.1. The zero-order valence-electron chi connectivity index (χ0n) is 16.3. The summed E-state index contributed by atoms with van der Waals surface area (Å²) in [5.41, 5.74) is 0.790. The molecule has 6 nitrogen and oxygen atoms in total. The molecule has 1 saturated heterocycles. The number of hydrogen-bond donors (Lipinski definition) is 3. The maximum atomic E-state index is 13.5. The molecule has 1 aromatic rings. The molecule has 1 heterocycles. The third-order valence-electron chi connectivity index (χ3n) is 6.05. The largest absolute Gasteiger partial charge is 0.483 e. The standard InChI is InChI=1S/C21H26F2N4O2/c22-14-9-15(23)11-16(10-14)26-20(28)19(18(13-24)27-7-5-25-6-8-27)29-17-1-2-21(12-17)3-4-21/h9-11,13,17,24-25H,1-8,12H2,(H,26,28)/b19-18-,24-13?. The summed E-state index contributed by atoms with van der Waals surface area (Å²) in [4.78, 5) is 15.0. The Labute approximate surface area is 168 Å². The van der Waals surface area contributed by atoms with Crippen molar-refractivity contribution in [2.75, 3.05) is 31.5 Å². The van der Waals surface area contributed by atoms with Crippen LogP contribution >= 0.6 is 0 Å². The lowest BCUT2D eigenvalue weighted by Crippen LogP contribution is -2.44. The van der Waals surface area contributed by atoms with Crippen LogP contribution in [0.5, 0.6) is 0 Å². The van der Waals surface area contributed by atoms with Crippen LogP contribution in [-0.4, -0.2) is 49.3 Å². The molecule has 2 aliphatic carbocycles. The Morgan fingerprint density at radius 1 is 1.21 bits per heavy atom. The summed E-state index contributed by atoms with van der Waals surface area (Å²) in [7, 11) is 0. The fraction of sp³-hybridized carbons (Fsp3) is 0.524. The highest BCUT2D eigenvalue weighted by Crippen LogP contribution is 2.58. The number of anilines is 1. The van der Waals surface area contributed by atoms with E-state index in [0.717, 1.165) is 56.8 Å². The molecule has 0 bridgehead atoms. The summed E-state index contributed by atoms with van der Waals surface area (Å²) in [6, 6.07) is 2.87. The molecule has 1 atom stereocenters. The Morgan fingerprint density at radius 2 is 1.90 bits per heavy atom. The number of allylic oxidation sites excluding steroid dienone is 1. The summed E-state index contributed by atoms with van der Waals surface area (Å²) in [6.45, 7) is 2.78. The molecule has 1 unspecified atom stereocenters. The second kappa shape index (κ2) is 8.10. The number of carbonyl (C=O) groups is 1. The lowest BCUT2D eigenvalue weighted by molar-refractivity contribution is -0.117. The fourth-order valence-electron chi connectivity index (χ4n) is 4.30. The SMILES string of the molecule is N=C/C(=C(/OC1CCC2(CC2)C1)C(=O)Nc1cc(F)cc(F)c1)N1CCNCC1. The van der Waals surface area contributed by atoms with Crippen LogP contribution in [0, 0.1) is 22.5 Å². The van der Waals surface area contributed by atoms with Gasteiger partial charge >= 0.3 is 0 Å². The molecule has 3 N–H and O–H groups in total. The van der Waals surface area contributed by atoms with Gasteiger partial charge in [-0.2, -0.15) is 0 Å². The zero-order valence-corrected chi connectivity index (χ0v) is 16.3. The molecule has 0 aromatic heterocycles. The van der Waals surface area contributed by atoms with Gasteiger partial charge in [0.05, 0.1) is 6.10 Å². The smallest absolute Gasteiger partial charge is 0.293 e. The molecule has 29 heavy (non-hydrogen) atoms. The molecule has 0 radical (unpaired) electrons. The number of amides is 1. The summed E-state index contributed by atoms with van der Waals surface area (Å²) < 4.78 is 33.2. The van der Waals surface area contributed by atoms with Crippen LogP contribution in [0.3, 0.4) is 0 Å². The maximum Gasteiger partial charge on any atom is 0.293 e. The normalized spacial score (nSPS) is 23.5. The first kappa shape index (κ1) is 19.8. The average Bonchev–Trinajstić information content (AvgIpc) is 3.32. The van der Waals surface area contributed by atoms with Crippen molar-refractivity contribution in [3.05, 3.63) is 41.3 Å². The third kappa shape index (κ3) is 4.58. The Balaban J connectivity index is 1.59. The van der Waals surface area contributed by atoms with Crippen LogP contribution in [0.15, 0.2) is 29.7 Å². The van der Waals surface area contributed by atoms with Gasteiger partial charge in [0.2, 0.25) is 5.76 Å². The van der Waals surface area contributed by atoms with Gasteiger partial charge in [0, 0.05) is 44.1 Å². The Kier molecular flexibility index (Phi) is 5.54. The van der Waals surface area contributed by atoms with Crippen LogP contribution in [0.2, 0.25) is 0 Å². The van der Waals surface area contributed by atoms with Crippen molar-refractivity contribution < 1.29 is 18.3 Å². The van der Waals surface area contributed by atoms with Gasteiger partial charge in [-0.15, -0.1) is 0 Å². The molecule has 3 fully saturated rings. The monoisotopic (exact) mass is 404 g/mol. The van der Waals surface area contributed by atoms with Crippen molar-refractivity contribution in [3.63, 3.8) is 0 Å². The van der Waals surface area contributed by atoms with Crippen LogP contribution < -0.4 is 10.6 Å². The Bertz CT molecular complexity index is 812. The number of nitrogens with zero attached hydrogens (tertiary/aromatic N) is 1. The van der Waals surface area contributed by atoms with Gasteiger partial charge in [0.1, 0.15) is 17.3 Å². The molecule has 4 rings (SSSR count). The molecular weight excluding hydrogens is 378 g/mol. The minimum absolute atomic E-state index is 0.0170. The number of halogens is 2. The van der Waals surface area contributed by atoms with Crippen molar-refractivity contribution in [3.8, 4) is 0 Å². The quantitative estimate of drug-likeness (QED) is 0.387. The van der Waals surface area contributed by atoms with Gasteiger partial charge in [-0.05, 0) is 49.7 Å². The predicted octanol–water partition coefficient (Wildman–Crippen LogP) is 3.02. The molecule has 1 amide bonds. The van der Waals surface area contributed by atoms with E-state index in [0.29, 0.717) is 24.2 Å².